The molecular formula is C14H17N7. The molecule has 0 atom stereocenters. The van der Waals surface area contributed by atoms with Crippen LogP contribution in [-0.4, -0.2) is 36.7 Å². The lowest BCUT2D eigenvalue weighted by atomic mass is 10.1. The number of benzene rings is 1. The Balaban J connectivity index is 1.55. The fourth-order valence-electron chi connectivity index (χ4n) is 2.11. The zero-order valence-electron chi connectivity index (χ0n) is 11.8. The molecule has 0 radical (unpaired) electrons. The number of aryl methyl sites for hydroxylation is 1. The molecule has 2 aromatic heterocycles. The van der Waals surface area contributed by atoms with Crippen molar-refractivity contribution in [3.8, 4) is 11.3 Å². The van der Waals surface area contributed by atoms with E-state index < -0.39 is 0 Å². The average Bonchev–Trinajstić information content (AvgIpc) is 3.13. The molecule has 0 aliphatic carbocycles. The molecule has 0 amide bonds. The Morgan fingerprint density at radius 1 is 1.19 bits per heavy atom. The topological polar surface area (TPSA) is 84.3 Å². The summed E-state index contributed by atoms with van der Waals surface area (Å²) in [5.41, 5.74) is 2.86. The van der Waals surface area contributed by atoms with E-state index in [9.17, 15) is 0 Å². The average molecular weight is 283 g/mol. The van der Waals surface area contributed by atoms with Crippen LogP contribution in [0.4, 0.5) is 0 Å². The quantitative estimate of drug-likeness (QED) is 0.658. The number of aromatic nitrogens is 6. The number of nitrogens with one attached hydrogen (secondary N) is 2. The van der Waals surface area contributed by atoms with Crippen molar-refractivity contribution in [2.24, 2.45) is 7.05 Å². The third-order valence-electron chi connectivity index (χ3n) is 3.13. The summed E-state index contributed by atoms with van der Waals surface area (Å²) in [6.45, 7) is 1.46. The third-order valence-corrected chi connectivity index (χ3v) is 3.13. The van der Waals surface area contributed by atoms with Crippen LogP contribution in [0.2, 0.25) is 0 Å². The van der Waals surface area contributed by atoms with E-state index in [0.29, 0.717) is 6.54 Å². The highest BCUT2D eigenvalue weighted by Crippen LogP contribution is 2.18. The first-order chi connectivity index (χ1) is 10.3. The first kappa shape index (κ1) is 13.4. The van der Waals surface area contributed by atoms with Crippen molar-refractivity contribution in [3.05, 3.63) is 48.2 Å². The summed E-state index contributed by atoms with van der Waals surface area (Å²) in [5.74, 6) is 0.841. The van der Waals surface area contributed by atoms with E-state index in [-0.39, 0.29) is 0 Å². The zero-order valence-corrected chi connectivity index (χ0v) is 11.8. The summed E-state index contributed by atoms with van der Waals surface area (Å²) in [6, 6.07) is 10.0. The number of rotatable bonds is 6. The van der Waals surface area contributed by atoms with Crippen LogP contribution in [0.3, 0.4) is 0 Å². The molecule has 1 aromatic carbocycles. The molecule has 7 nitrogen and oxygen atoms in total. The van der Waals surface area contributed by atoms with Crippen LogP contribution in [0.5, 0.6) is 0 Å². The number of nitrogens with zero attached hydrogens (tertiary/aromatic N) is 5. The van der Waals surface area contributed by atoms with Crippen molar-refractivity contribution in [2.75, 3.05) is 6.54 Å². The lowest BCUT2D eigenvalue weighted by Gasteiger charge is -2.03. The van der Waals surface area contributed by atoms with Gasteiger partial charge in [-0.25, -0.2) is 4.98 Å². The van der Waals surface area contributed by atoms with Gasteiger partial charge in [0.2, 0.25) is 0 Å². The molecule has 3 aromatic rings. The second-order valence-corrected chi connectivity index (χ2v) is 4.75. The van der Waals surface area contributed by atoms with Gasteiger partial charge in [-0.05, 0) is 0 Å². The molecule has 0 saturated carbocycles. The number of hydrogen-bond donors (Lipinski definition) is 2. The maximum Gasteiger partial charge on any atom is 0.151 e. The van der Waals surface area contributed by atoms with Crippen molar-refractivity contribution in [1.82, 2.24) is 35.5 Å². The van der Waals surface area contributed by atoms with Gasteiger partial charge in [0.05, 0.1) is 0 Å². The van der Waals surface area contributed by atoms with Gasteiger partial charge in [0.1, 0.15) is 17.7 Å². The minimum atomic E-state index is 0.660. The van der Waals surface area contributed by atoms with E-state index in [2.05, 4.69) is 30.8 Å². The van der Waals surface area contributed by atoms with Crippen molar-refractivity contribution in [3.63, 3.8) is 0 Å². The van der Waals surface area contributed by atoms with Gasteiger partial charge in [-0.2, -0.15) is 20.5 Å². The van der Waals surface area contributed by atoms with E-state index in [1.807, 2.05) is 37.4 Å². The Hall–Kier alpha value is -2.54. The van der Waals surface area contributed by atoms with Gasteiger partial charge in [-0.1, -0.05) is 30.3 Å². The van der Waals surface area contributed by atoms with Crippen molar-refractivity contribution in [2.45, 2.75) is 13.0 Å². The SMILES string of the molecule is Cn1cnc(CCNCc2n[nH]nc2-c2ccccc2)n1. The number of H-pyrrole nitrogens is 1. The molecule has 0 unspecified atom stereocenters. The molecule has 7 heteroatoms. The van der Waals surface area contributed by atoms with Crippen LogP contribution in [0, 0.1) is 0 Å². The van der Waals surface area contributed by atoms with Crippen LogP contribution >= 0.6 is 0 Å². The zero-order chi connectivity index (χ0) is 14.5. The minimum Gasteiger partial charge on any atom is -0.311 e. The summed E-state index contributed by atoms with van der Waals surface area (Å²) >= 11 is 0. The second kappa shape index (κ2) is 6.27. The molecule has 108 valence electrons. The highest BCUT2D eigenvalue weighted by Gasteiger charge is 2.09. The summed E-state index contributed by atoms with van der Waals surface area (Å²) in [7, 11) is 1.87. The predicted octanol–water partition coefficient (Wildman–Crippen LogP) is 0.932. The molecule has 2 N–H and O–H groups in total. The lowest BCUT2D eigenvalue weighted by Crippen LogP contribution is -2.18. The highest BCUT2D eigenvalue weighted by atomic mass is 15.3. The minimum absolute atomic E-state index is 0.660. The smallest absolute Gasteiger partial charge is 0.151 e. The molecule has 0 fully saturated rings. The molecule has 0 saturated heterocycles. The Bertz CT molecular complexity index is 686. The van der Waals surface area contributed by atoms with Gasteiger partial charge in [0.25, 0.3) is 0 Å². The van der Waals surface area contributed by atoms with Crippen molar-refractivity contribution < 1.29 is 0 Å². The maximum absolute atomic E-state index is 4.24. The first-order valence-electron chi connectivity index (χ1n) is 6.83. The fraction of sp³-hybridized carbons (Fsp3) is 0.286. The molecular weight excluding hydrogens is 266 g/mol. The van der Waals surface area contributed by atoms with Gasteiger partial charge < -0.3 is 5.32 Å². The second-order valence-electron chi connectivity index (χ2n) is 4.75. The standard InChI is InChI=1S/C14H17N7/c1-21-10-16-13(19-21)7-8-15-9-12-14(18-20-17-12)11-5-3-2-4-6-11/h2-6,10,15H,7-9H2,1H3,(H,17,18,20). The molecule has 21 heavy (non-hydrogen) atoms. The third kappa shape index (κ3) is 3.32. The van der Waals surface area contributed by atoms with Crippen LogP contribution in [0.25, 0.3) is 11.3 Å². The fourth-order valence-corrected chi connectivity index (χ4v) is 2.11. The van der Waals surface area contributed by atoms with Gasteiger partial charge in [0.15, 0.2) is 5.82 Å². The van der Waals surface area contributed by atoms with Crippen LogP contribution < -0.4 is 5.32 Å². The van der Waals surface area contributed by atoms with E-state index >= 15 is 0 Å². The molecule has 0 aliphatic rings. The summed E-state index contributed by atoms with van der Waals surface area (Å²) in [6.07, 6.45) is 2.50. The highest BCUT2D eigenvalue weighted by molar-refractivity contribution is 5.60. The summed E-state index contributed by atoms with van der Waals surface area (Å²) < 4.78 is 1.71. The number of aromatic amines is 1. The van der Waals surface area contributed by atoms with Crippen molar-refractivity contribution >= 4 is 0 Å². The molecule has 0 spiro atoms. The molecule has 2 heterocycles. The van der Waals surface area contributed by atoms with Crippen molar-refractivity contribution in [1.29, 1.82) is 0 Å². The number of hydrogen-bond acceptors (Lipinski definition) is 5. The lowest BCUT2D eigenvalue weighted by molar-refractivity contribution is 0.651. The van der Waals surface area contributed by atoms with E-state index in [1.54, 1.807) is 11.0 Å². The normalized spacial score (nSPS) is 10.9. The van der Waals surface area contributed by atoms with Gasteiger partial charge in [0, 0.05) is 32.1 Å². The first-order valence-corrected chi connectivity index (χ1v) is 6.83. The van der Waals surface area contributed by atoms with E-state index in [4.69, 9.17) is 0 Å². The van der Waals surface area contributed by atoms with Crippen LogP contribution in [0.15, 0.2) is 36.7 Å². The largest absolute Gasteiger partial charge is 0.311 e. The maximum atomic E-state index is 4.24. The predicted molar refractivity (Wildman–Crippen MR) is 78.2 cm³/mol. The molecule has 0 aliphatic heterocycles. The van der Waals surface area contributed by atoms with Gasteiger partial charge >= 0.3 is 0 Å². The molecule has 3 rings (SSSR count). The Kier molecular flexibility index (Phi) is 4.02. The van der Waals surface area contributed by atoms with Gasteiger partial charge in [-0.3, -0.25) is 4.68 Å². The van der Waals surface area contributed by atoms with E-state index in [0.717, 1.165) is 35.7 Å². The van der Waals surface area contributed by atoms with Crippen LogP contribution in [-0.2, 0) is 20.0 Å². The monoisotopic (exact) mass is 283 g/mol. The molecule has 0 bridgehead atoms. The van der Waals surface area contributed by atoms with Gasteiger partial charge in [-0.15, -0.1) is 0 Å². The summed E-state index contributed by atoms with van der Waals surface area (Å²) in [5, 5.41) is 18.7. The van der Waals surface area contributed by atoms with Crippen LogP contribution in [0.1, 0.15) is 11.5 Å². The Labute approximate surface area is 122 Å². The Morgan fingerprint density at radius 2 is 2.05 bits per heavy atom. The summed E-state index contributed by atoms with van der Waals surface area (Å²) in [4.78, 5) is 4.19. The Morgan fingerprint density at radius 3 is 2.81 bits per heavy atom. The van der Waals surface area contributed by atoms with E-state index in [1.165, 1.54) is 0 Å².